The van der Waals surface area contributed by atoms with E-state index in [9.17, 15) is 9.59 Å². The van der Waals surface area contributed by atoms with E-state index in [4.69, 9.17) is 39.5 Å². The van der Waals surface area contributed by atoms with Crippen molar-refractivity contribution in [1.29, 1.82) is 0 Å². The summed E-state index contributed by atoms with van der Waals surface area (Å²) >= 11 is 16.4. The molecule has 0 aliphatic rings. The first-order valence-corrected chi connectivity index (χ1v) is 6.40. The average Bonchev–Trinajstić information content (AvgIpc) is 2.20. The van der Waals surface area contributed by atoms with Gasteiger partial charge in [0.15, 0.2) is 0 Å². The predicted octanol–water partition coefficient (Wildman–Crippen LogP) is 2.62. The van der Waals surface area contributed by atoms with Crippen LogP contribution in [0.25, 0.3) is 0 Å². The van der Waals surface area contributed by atoms with Crippen molar-refractivity contribution in [3.8, 4) is 0 Å². The van der Waals surface area contributed by atoms with E-state index in [0.29, 0.717) is 0 Å². The van der Waals surface area contributed by atoms with Gasteiger partial charge in [-0.1, -0.05) is 54.7 Å². The summed E-state index contributed by atoms with van der Waals surface area (Å²) in [5.74, 6) is -1.29. The number of hydrogen-bond donors (Lipinski definition) is 1. The van der Waals surface area contributed by atoms with E-state index >= 15 is 0 Å². The lowest BCUT2D eigenvalue weighted by molar-refractivity contribution is -0.150. The van der Waals surface area contributed by atoms with Crippen LogP contribution >= 0.6 is 34.8 Å². The Bertz CT molecular complexity index is 326. The number of carbonyl (C=O) groups is 2. The Labute approximate surface area is 122 Å². The van der Waals surface area contributed by atoms with E-state index < -0.39 is 27.8 Å². The van der Waals surface area contributed by atoms with E-state index in [2.05, 4.69) is 11.9 Å². The Kier molecular flexibility index (Phi) is 7.04. The number of nitrogens with one attached hydrogen (secondary N) is 1. The van der Waals surface area contributed by atoms with Crippen LogP contribution in [0.1, 0.15) is 20.8 Å². The summed E-state index contributed by atoms with van der Waals surface area (Å²) in [5, 5.41) is 2.46. The fraction of sp³-hybridized carbons (Fsp3) is 0.636. The van der Waals surface area contributed by atoms with Crippen molar-refractivity contribution in [1.82, 2.24) is 5.32 Å². The highest BCUT2D eigenvalue weighted by Gasteiger charge is 2.35. The van der Waals surface area contributed by atoms with E-state index in [1.807, 2.05) is 13.8 Å². The second kappa shape index (κ2) is 7.22. The predicted molar refractivity (Wildman–Crippen MR) is 72.8 cm³/mol. The molecule has 0 bridgehead atoms. The van der Waals surface area contributed by atoms with Crippen molar-refractivity contribution in [2.24, 2.45) is 5.92 Å². The van der Waals surface area contributed by atoms with E-state index in [-0.39, 0.29) is 5.92 Å². The Morgan fingerprint density at radius 1 is 1.33 bits per heavy atom. The largest absolute Gasteiger partial charge is 0.460 e. The van der Waals surface area contributed by atoms with Crippen LogP contribution in [0.2, 0.25) is 0 Å². The molecule has 0 aliphatic heterocycles. The SMILES string of the molecule is C=C[C@H](NC(=O)C(Cl)(Cl)Cl)[C@H](OC(C)=O)C(C)C. The minimum absolute atomic E-state index is 0.0347. The molecule has 0 aromatic rings. The third kappa shape index (κ3) is 5.94. The van der Waals surface area contributed by atoms with Crippen molar-refractivity contribution < 1.29 is 14.3 Å². The van der Waals surface area contributed by atoms with Crippen molar-refractivity contribution >= 4 is 46.7 Å². The van der Waals surface area contributed by atoms with Gasteiger partial charge in [-0.3, -0.25) is 9.59 Å². The molecule has 0 fully saturated rings. The lowest BCUT2D eigenvalue weighted by atomic mass is 9.99. The number of ether oxygens (including phenoxy) is 1. The molecule has 18 heavy (non-hydrogen) atoms. The summed E-state index contributed by atoms with van der Waals surface area (Å²) in [6, 6.07) is -0.628. The molecule has 0 radical (unpaired) electrons. The van der Waals surface area contributed by atoms with Crippen LogP contribution in [0.15, 0.2) is 12.7 Å². The monoisotopic (exact) mass is 315 g/mol. The number of hydrogen-bond acceptors (Lipinski definition) is 3. The van der Waals surface area contributed by atoms with Crippen molar-refractivity contribution in [2.45, 2.75) is 36.7 Å². The summed E-state index contributed by atoms with van der Waals surface area (Å²) in [6.07, 6.45) is 0.860. The number of amides is 1. The van der Waals surface area contributed by atoms with Crippen LogP contribution in [-0.2, 0) is 14.3 Å². The molecule has 0 unspecified atom stereocenters. The number of esters is 1. The van der Waals surface area contributed by atoms with E-state index in [1.165, 1.54) is 13.0 Å². The second-order valence-corrected chi connectivity index (χ2v) is 6.33. The molecule has 0 aromatic carbocycles. The van der Waals surface area contributed by atoms with Crippen LogP contribution in [-0.4, -0.2) is 27.8 Å². The van der Waals surface area contributed by atoms with E-state index in [0.717, 1.165) is 0 Å². The van der Waals surface area contributed by atoms with Gasteiger partial charge in [-0.2, -0.15) is 0 Å². The highest BCUT2D eigenvalue weighted by atomic mass is 35.6. The second-order valence-electron chi connectivity index (χ2n) is 4.05. The first-order valence-electron chi connectivity index (χ1n) is 5.27. The third-order valence-electron chi connectivity index (χ3n) is 2.12. The van der Waals surface area contributed by atoms with Crippen molar-refractivity contribution in [2.75, 3.05) is 0 Å². The summed E-state index contributed by atoms with van der Waals surface area (Å²) < 4.78 is 3.05. The Morgan fingerprint density at radius 3 is 2.11 bits per heavy atom. The van der Waals surface area contributed by atoms with Crippen LogP contribution in [0, 0.1) is 5.92 Å². The molecule has 0 aliphatic carbocycles. The zero-order valence-corrected chi connectivity index (χ0v) is 12.6. The van der Waals surface area contributed by atoms with Gasteiger partial charge >= 0.3 is 5.97 Å². The molecule has 0 aromatic heterocycles. The molecular weight excluding hydrogens is 300 g/mol. The van der Waals surface area contributed by atoms with Gasteiger partial charge in [-0.05, 0) is 5.92 Å². The Morgan fingerprint density at radius 2 is 1.83 bits per heavy atom. The summed E-state index contributed by atoms with van der Waals surface area (Å²) in [6.45, 7) is 8.53. The van der Waals surface area contributed by atoms with Crippen LogP contribution in [0.3, 0.4) is 0 Å². The first-order chi connectivity index (χ1) is 8.09. The molecule has 104 valence electrons. The highest BCUT2D eigenvalue weighted by molar-refractivity contribution is 6.76. The summed E-state index contributed by atoms with van der Waals surface area (Å²) in [4.78, 5) is 22.6. The van der Waals surface area contributed by atoms with E-state index in [1.54, 1.807) is 0 Å². The Hall–Kier alpha value is -0.450. The molecule has 0 spiro atoms. The zero-order valence-electron chi connectivity index (χ0n) is 10.4. The fourth-order valence-electron chi connectivity index (χ4n) is 1.32. The topological polar surface area (TPSA) is 55.4 Å². The standard InChI is InChI=1S/C11H16Cl3NO3/c1-5-8(15-10(17)11(12,13)14)9(6(2)3)18-7(4)16/h5-6,8-9H,1H2,2-4H3,(H,15,17)/t8-,9+/m0/s1. The zero-order chi connectivity index (χ0) is 14.5. The lowest BCUT2D eigenvalue weighted by Gasteiger charge is -2.29. The van der Waals surface area contributed by atoms with Gasteiger partial charge in [0, 0.05) is 6.92 Å². The molecule has 0 saturated carbocycles. The van der Waals surface area contributed by atoms with Gasteiger partial charge in [0.25, 0.3) is 9.70 Å². The number of rotatable bonds is 5. The third-order valence-corrected chi connectivity index (χ3v) is 2.64. The van der Waals surface area contributed by atoms with Crippen molar-refractivity contribution in [3.63, 3.8) is 0 Å². The van der Waals surface area contributed by atoms with Gasteiger partial charge in [-0.15, -0.1) is 6.58 Å². The summed E-state index contributed by atoms with van der Waals surface area (Å²) in [7, 11) is 0. The molecule has 0 heterocycles. The van der Waals surface area contributed by atoms with Gasteiger partial charge in [-0.25, -0.2) is 0 Å². The average molecular weight is 317 g/mol. The molecule has 0 saturated heterocycles. The number of carbonyl (C=O) groups excluding carboxylic acids is 2. The lowest BCUT2D eigenvalue weighted by Crippen LogP contribution is -2.49. The quantitative estimate of drug-likeness (QED) is 0.482. The van der Waals surface area contributed by atoms with Crippen LogP contribution in [0.5, 0.6) is 0 Å². The molecule has 1 N–H and O–H groups in total. The number of alkyl halides is 3. The minimum atomic E-state index is -2.07. The van der Waals surface area contributed by atoms with Crippen LogP contribution in [0.4, 0.5) is 0 Å². The fourth-order valence-corrected chi connectivity index (χ4v) is 1.49. The normalized spacial score (nSPS) is 14.8. The molecule has 1 amide bonds. The maximum atomic E-state index is 11.6. The minimum Gasteiger partial charge on any atom is -0.460 e. The van der Waals surface area contributed by atoms with Gasteiger partial charge in [0.2, 0.25) is 0 Å². The van der Waals surface area contributed by atoms with Gasteiger partial charge in [0.05, 0.1) is 6.04 Å². The van der Waals surface area contributed by atoms with Crippen molar-refractivity contribution in [3.05, 3.63) is 12.7 Å². The highest BCUT2D eigenvalue weighted by Crippen LogP contribution is 2.26. The number of halogens is 3. The first kappa shape index (κ1) is 17.6. The summed E-state index contributed by atoms with van der Waals surface area (Å²) in [5.41, 5.74) is 0. The Balaban J connectivity index is 4.87. The molecular formula is C11H16Cl3NO3. The smallest absolute Gasteiger partial charge is 0.302 e. The van der Waals surface area contributed by atoms with Crippen LogP contribution < -0.4 is 5.32 Å². The molecule has 0 rings (SSSR count). The van der Waals surface area contributed by atoms with Gasteiger partial charge < -0.3 is 10.1 Å². The maximum Gasteiger partial charge on any atom is 0.302 e. The molecule has 4 nitrogen and oxygen atoms in total. The molecule has 2 atom stereocenters. The maximum absolute atomic E-state index is 11.6. The molecule has 7 heteroatoms. The van der Waals surface area contributed by atoms with Gasteiger partial charge in [0.1, 0.15) is 6.10 Å².